The fourth-order valence-corrected chi connectivity index (χ4v) is 2.62. The Morgan fingerprint density at radius 2 is 1.85 bits per heavy atom. The van der Waals surface area contributed by atoms with Gasteiger partial charge in [-0.15, -0.1) is 0 Å². The Kier molecular flexibility index (Phi) is 4.69. The van der Waals surface area contributed by atoms with Crippen LogP contribution in [0.2, 0.25) is 0 Å². The monoisotopic (exact) mass is 284 g/mol. The number of hydrogen-bond donors (Lipinski definition) is 2. The molecular weight excluding hydrogens is 254 g/mol. The third-order valence-electron chi connectivity index (χ3n) is 3.77. The molecule has 5 heteroatoms. The Labute approximate surface area is 122 Å². The molecule has 0 aliphatic carbocycles. The number of hydroxylamine groups is 2. The zero-order valence-corrected chi connectivity index (χ0v) is 13.9. The molecule has 0 bridgehead atoms. The third-order valence-corrected chi connectivity index (χ3v) is 3.77. The highest BCUT2D eigenvalue weighted by atomic mass is 16.5. The summed E-state index contributed by atoms with van der Waals surface area (Å²) >= 11 is 0. The molecule has 1 amide bonds. The molecule has 0 spiro atoms. The van der Waals surface area contributed by atoms with E-state index in [0.29, 0.717) is 12.1 Å². The Morgan fingerprint density at radius 1 is 1.30 bits per heavy atom. The lowest BCUT2D eigenvalue weighted by molar-refractivity contribution is -0.870. The SMILES string of the molecule is CC1(C)C=C(C(=O)NCCC[N+](C)(C)C)C(C)(C)N1O. The third kappa shape index (κ3) is 3.81. The zero-order valence-electron chi connectivity index (χ0n) is 13.9. The molecule has 1 aliphatic heterocycles. The van der Waals surface area contributed by atoms with Crippen LogP contribution in [0, 0.1) is 0 Å². The number of amides is 1. The van der Waals surface area contributed by atoms with Gasteiger partial charge in [-0.2, -0.15) is 5.06 Å². The number of hydrogen-bond acceptors (Lipinski definition) is 3. The standard InChI is InChI=1S/C15H29N3O2/c1-14(2)11-12(15(3,4)17(14)20)13(19)16-9-8-10-18(5,6)7/h11,20H,8-10H2,1-7H3/p+1. The minimum absolute atomic E-state index is 0.0824. The van der Waals surface area contributed by atoms with Crippen LogP contribution in [0.5, 0.6) is 0 Å². The van der Waals surface area contributed by atoms with E-state index in [1.165, 1.54) is 5.06 Å². The van der Waals surface area contributed by atoms with Gasteiger partial charge in [-0.05, 0) is 27.7 Å². The molecule has 116 valence electrons. The lowest BCUT2D eigenvalue weighted by Gasteiger charge is -2.35. The second kappa shape index (κ2) is 5.47. The number of carbonyl (C=O) groups excluding carboxylic acids is 1. The number of quaternary nitrogens is 1. The second-order valence-electron chi connectivity index (χ2n) is 7.71. The first-order valence-corrected chi connectivity index (χ1v) is 7.19. The van der Waals surface area contributed by atoms with E-state index in [-0.39, 0.29) is 5.91 Å². The van der Waals surface area contributed by atoms with E-state index < -0.39 is 11.1 Å². The van der Waals surface area contributed by atoms with Crippen molar-refractivity contribution in [3.8, 4) is 0 Å². The average Bonchev–Trinajstić information content (AvgIpc) is 2.44. The van der Waals surface area contributed by atoms with Crippen LogP contribution in [0.1, 0.15) is 34.1 Å². The van der Waals surface area contributed by atoms with Crippen molar-refractivity contribution in [2.24, 2.45) is 0 Å². The van der Waals surface area contributed by atoms with Gasteiger partial charge >= 0.3 is 0 Å². The summed E-state index contributed by atoms with van der Waals surface area (Å²) in [6, 6.07) is 0. The molecule has 0 radical (unpaired) electrons. The smallest absolute Gasteiger partial charge is 0.248 e. The molecule has 0 unspecified atom stereocenters. The van der Waals surface area contributed by atoms with Crippen molar-refractivity contribution >= 4 is 5.91 Å². The minimum atomic E-state index is -0.659. The van der Waals surface area contributed by atoms with Crippen molar-refractivity contribution < 1.29 is 14.5 Å². The van der Waals surface area contributed by atoms with Gasteiger partial charge in [-0.1, -0.05) is 6.08 Å². The van der Waals surface area contributed by atoms with Crippen LogP contribution in [0.15, 0.2) is 11.6 Å². The van der Waals surface area contributed by atoms with E-state index in [1.807, 2.05) is 33.8 Å². The van der Waals surface area contributed by atoms with E-state index in [9.17, 15) is 10.0 Å². The Bertz CT molecular complexity index is 406. The summed E-state index contributed by atoms with van der Waals surface area (Å²) in [6.07, 6.45) is 2.79. The summed E-state index contributed by atoms with van der Waals surface area (Å²) in [6.45, 7) is 9.19. The molecule has 1 rings (SSSR count). The molecule has 0 aromatic rings. The molecule has 20 heavy (non-hydrogen) atoms. The van der Waals surface area contributed by atoms with Gasteiger partial charge in [0.05, 0.1) is 38.8 Å². The van der Waals surface area contributed by atoms with E-state index in [2.05, 4.69) is 26.5 Å². The second-order valence-corrected chi connectivity index (χ2v) is 7.71. The van der Waals surface area contributed by atoms with Crippen LogP contribution in [-0.2, 0) is 4.79 Å². The van der Waals surface area contributed by atoms with Gasteiger partial charge in [0.1, 0.15) is 0 Å². The highest BCUT2D eigenvalue weighted by Gasteiger charge is 2.47. The van der Waals surface area contributed by atoms with Crippen LogP contribution >= 0.6 is 0 Å². The molecule has 0 aromatic carbocycles. The summed E-state index contributed by atoms with van der Waals surface area (Å²) in [5.41, 5.74) is -0.540. The van der Waals surface area contributed by atoms with Crippen LogP contribution in [-0.4, -0.2) is 66.0 Å². The van der Waals surface area contributed by atoms with E-state index in [0.717, 1.165) is 17.4 Å². The Morgan fingerprint density at radius 3 is 2.25 bits per heavy atom. The van der Waals surface area contributed by atoms with Crippen molar-refractivity contribution in [1.29, 1.82) is 0 Å². The lowest BCUT2D eigenvalue weighted by atomic mass is 9.96. The molecule has 0 saturated carbocycles. The molecule has 0 fully saturated rings. The predicted octanol–water partition coefficient (Wildman–Crippen LogP) is 1.39. The summed E-state index contributed by atoms with van der Waals surface area (Å²) in [5, 5.41) is 14.4. The fraction of sp³-hybridized carbons (Fsp3) is 0.800. The van der Waals surface area contributed by atoms with Gasteiger partial charge in [0, 0.05) is 18.5 Å². The maximum Gasteiger partial charge on any atom is 0.248 e. The maximum absolute atomic E-state index is 12.3. The van der Waals surface area contributed by atoms with Crippen molar-refractivity contribution in [3.63, 3.8) is 0 Å². The van der Waals surface area contributed by atoms with Gasteiger partial charge in [0.25, 0.3) is 0 Å². The van der Waals surface area contributed by atoms with Gasteiger partial charge in [0.15, 0.2) is 0 Å². The first-order chi connectivity index (χ1) is 8.88. The Balaban J connectivity index is 2.60. The van der Waals surface area contributed by atoms with E-state index in [4.69, 9.17) is 0 Å². The van der Waals surface area contributed by atoms with Crippen molar-refractivity contribution in [2.75, 3.05) is 34.2 Å². The average molecular weight is 284 g/mol. The highest BCUT2D eigenvalue weighted by Crippen LogP contribution is 2.38. The highest BCUT2D eigenvalue weighted by molar-refractivity contribution is 5.96. The topological polar surface area (TPSA) is 52.6 Å². The van der Waals surface area contributed by atoms with E-state index in [1.54, 1.807) is 0 Å². The van der Waals surface area contributed by atoms with Gasteiger partial charge in [0.2, 0.25) is 5.91 Å². The molecule has 0 aromatic heterocycles. The quantitative estimate of drug-likeness (QED) is 0.592. The zero-order chi connectivity index (χ0) is 15.8. The molecule has 0 atom stereocenters. The van der Waals surface area contributed by atoms with E-state index >= 15 is 0 Å². The minimum Gasteiger partial charge on any atom is -0.352 e. The normalized spacial score (nSPS) is 21.7. The number of nitrogens with one attached hydrogen (secondary N) is 1. The first-order valence-electron chi connectivity index (χ1n) is 7.19. The number of carbonyl (C=O) groups is 1. The largest absolute Gasteiger partial charge is 0.352 e. The predicted molar refractivity (Wildman–Crippen MR) is 80.4 cm³/mol. The summed E-state index contributed by atoms with van der Waals surface area (Å²) < 4.78 is 0.890. The molecule has 2 N–H and O–H groups in total. The summed E-state index contributed by atoms with van der Waals surface area (Å²) in [7, 11) is 6.41. The van der Waals surface area contributed by atoms with Crippen LogP contribution < -0.4 is 5.32 Å². The van der Waals surface area contributed by atoms with Gasteiger partial charge < -0.3 is 15.0 Å². The number of nitrogens with zero attached hydrogens (tertiary/aromatic N) is 2. The molecule has 1 heterocycles. The molecular formula is C15H30N3O2+. The summed E-state index contributed by atoms with van der Waals surface area (Å²) in [4.78, 5) is 12.3. The molecule has 1 aliphatic rings. The lowest BCUT2D eigenvalue weighted by Crippen LogP contribution is -2.49. The molecule has 0 saturated heterocycles. The number of rotatable bonds is 5. The van der Waals surface area contributed by atoms with Crippen molar-refractivity contribution in [3.05, 3.63) is 11.6 Å². The fourth-order valence-electron chi connectivity index (χ4n) is 2.62. The molecule has 5 nitrogen and oxygen atoms in total. The van der Waals surface area contributed by atoms with Crippen LogP contribution in [0.25, 0.3) is 0 Å². The van der Waals surface area contributed by atoms with Crippen LogP contribution in [0.4, 0.5) is 0 Å². The van der Waals surface area contributed by atoms with Crippen LogP contribution in [0.3, 0.4) is 0 Å². The van der Waals surface area contributed by atoms with Crippen molar-refractivity contribution in [1.82, 2.24) is 10.4 Å². The van der Waals surface area contributed by atoms with Gasteiger partial charge in [-0.25, -0.2) is 0 Å². The van der Waals surface area contributed by atoms with Crippen molar-refractivity contribution in [2.45, 2.75) is 45.2 Å². The summed E-state index contributed by atoms with van der Waals surface area (Å²) in [5.74, 6) is -0.0824. The Hall–Kier alpha value is -0.910. The first kappa shape index (κ1) is 17.1. The van der Waals surface area contributed by atoms with Gasteiger partial charge in [-0.3, -0.25) is 4.79 Å². The maximum atomic E-state index is 12.3.